The van der Waals surface area contributed by atoms with Crippen molar-refractivity contribution >= 4 is 0 Å². The summed E-state index contributed by atoms with van der Waals surface area (Å²) in [5.41, 5.74) is 13.0. The number of fused-ring (bicyclic) bond motifs is 3. The summed E-state index contributed by atoms with van der Waals surface area (Å²) in [6, 6.07) is 45.1. The van der Waals surface area contributed by atoms with Crippen molar-refractivity contribution in [3.8, 4) is 11.1 Å². The van der Waals surface area contributed by atoms with Crippen molar-refractivity contribution in [3.63, 3.8) is 0 Å². The summed E-state index contributed by atoms with van der Waals surface area (Å²) in [5, 5.41) is 0. The first-order valence-electron chi connectivity index (χ1n) is 12.1. The van der Waals surface area contributed by atoms with E-state index in [-0.39, 0.29) is 5.41 Å². The van der Waals surface area contributed by atoms with E-state index in [4.69, 9.17) is 0 Å². The van der Waals surface area contributed by atoms with Gasteiger partial charge in [0.15, 0.2) is 0 Å². The second-order valence-corrected chi connectivity index (χ2v) is 9.58. The number of rotatable bonds is 4. The molecule has 5 aromatic rings. The molecule has 5 aromatic carbocycles. The van der Waals surface area contributed by atoms with Gasteiger partial charge < -0.3 is 0 Å². The van der Waals surface area contributed by atoms with Gasteiger partial charge in [-0.05, 0) is 64.8 Å². The Labute approximate surface area is 202 Å². The first kappa shape index (κ1) is 20.7. The maximum Gasteiger partial charge on any atom is 0.0713 e. The summed E-state index contributed by atoms with van der Waals surface area (Å²) in [6.07, 6.45) is 0.933. The van der Waals surface area contributed by atoms with E-state index in [0.717, 1.165) is 6.42 Å². The highest BCUT2D eigenvalue weighted by Crippen LogP contribution is 2.56. The lowest BCUT2D eigenvalue weighted by Gasteiger charge is -2.34. The Morgan fingerprint density at radius 2 is 0.971 bits per heavy atom. The second-order valence-electron chi connectivity index (χ2n) is 9.58. The van der Waals surface area contributed by atoms with Crippen molar-refractivity contribution in [3.05, 3.63) is 166 Å². The molecule has 0 radical (unpaired) electrons. The van der Waals surface area contributed by atoms with Crippen LogP contribution in [0.2, 0.25) is 0 Å². The van der Waals surface area contributed by atoms with E-state index in [1.807, 2.05) is 0 Å². The van der Waals surface area contributed by atoms with Crippen LogP contribution in [-0.4, -0.2) is 0 Å². The fourth-order valence-corrected chi connectivity index (χ4v) is 5.87. The van der Waals surface area contributed by atoms with E-state index < -0.39 is 0 Å². The van der Waals surface area contributed by atoms with Gasteiger partial charge >= 0.3 is 0 Å². The van der Waals surface area contributed by atoms with Crippen molar-refractivity contribution in [2.24, 2.45) is 0 Å². The molecule has 0 fully saturated rings. The van der Waals surface area contributed by atoms with Gasteiger partial charge in [0.25, 0.3) is 0 Å². The highest BCUT2D eigenvalue weighted by atomic mass is 14.5. The summed E-state index contributed by atoms with van der Waals surface area (Å²) in [7, 11) is 0. The zero-order chi connectivity index (χ0) is 23.1. The molecule has 1 aliphatic carbocycles. The molecule has 164 valence electrons. The Balaban J connectivity index is 1.62. The minimum Gasteiger partial charge on any atom is -0.0619 e. The topological polar surface area (TPSA) is 0 Å². The standard InChI is InChI=1S/C34H28/c1-24-10-7-12-26(20-24)22-27-13-9-15-29(23-27)34(28-14-8-11-25(2)21-28)32-18-5-3-16-30(32)31-17-4-6-19-33(31)34/h3-21,23H,22H2,1-2H3. The molecule has 1 aliphatic rings. The van der Waals surface area contributed by atoms with Crippen molar-refractivity contribution in [1.82, 2.24) is 0 Å². The normalized spacial score (nSPS) is 13.4. The Kier molecular flexibility index (Phi) is 4.96. The van der Waals surface area contributed by atoms with Gasteiger partial charge in [-0.3, -0.25) is 0 Å². The van der Waals surface area contributed by atoms with Crippen molar-refractivity contribution < 1.29 is 0 Å². The minimum atomic E-state index is -0.332. The Bertz CT molecular complexity index is 1460. The maximum absolute atomic E-state index is 2.43. The molecule has 0 heteroatoms. The largest absolute Gasteiger partial charge is 0.0713 e. The average molecular weight is 437 g/mol. The SMILES string of the molecule is Cc1cccc(Cc2cccc(C3(c4cccc(C)c4)c4ccccc4-c4ccccc43)c2)c1. The van der Waals surface area contributed by atoms with E-state index in [1.54, 1.807) is 0 Å². The lowest BCUT2D eigenvalue weighted by Crippen LogP contribution is -2.28. The van der Waals surface area contributed by atoms with Crippen LogP contribution >= 0.6 is 0 Å². The van der Waals surface area contributed by atoms with E-state index in [1.165, 1.54) is 55.6 Å². The van der Waals surface area contributed by atoms with E-state index >= 15 is 0 Å². The molecule has 0 atom stereocenters. The van der Waals surface area contributed by atoms with Crippen LogP contribution < -0.4 is 0 Å². The van der Waals surface area contributed by atoms with Crippen LogP contribution in [0.25, 0.3) is 11.1 Å². The lowest BCUT2D eigenvalue weighted by molar-refractivity contribution is 0.765. The Morgan fingerprint density at radius 1 is 0.471 bits per heavy atom. The van der Waals surface area contributed by atoms with Gasteiger partial charge in [-0.15, -0.1) is 0 Å². The zero-order valence-electron chi connectivity index (χ0n) is 19.8. The van der Waals surface area contributed by atoms with Crippen molar-refractivity contribution in [1.29, 1.82) is 0 Å². The molecular weight excluding hydrogens is 408 g/mol. The van der Waals surface area contributed by atoms with Gasteiger partial charge in [0.1, 0.15) is 0 Å². The number of hydrogen-bond donors (Lipinski definition) is 0. The molecular formula is C34H28. The molecule has 6 rings (SSSR count). The summed E-state index contributed by atoms with van der Waals surface area (Å²) in [5.74, 6) is 0. The smallest absolute Gasteiger partial charge is 0.0619 e. The summed E-state index contributed by atoms with van der Waals surface area (Å²) in [4.78, 5) is 0. The second kappa shape index (κ2) is 8.15. The fourth-order valence-electron chi connectivity index (χ4n) is 5.87. The Morgan fingerprint density at radius 3 is 1.59 bits per heavy atom. The molecule has 0 bridgehead atoms. The molecule has 0 N–H and O–H groups in total. The molecule has 0 aliphatic heterocycles. The number of benzene rings is 5. The molecule has 0 aromatic heterocycles. The predicted octanol–water partition coefficient (Wildman–Crippen LogP) is 8.26. The monoisotopic (exact) mass is 436 g/mol. The quantitative estimate of drug-likeness (QED) is 0.261. The van der Waals surface area contributed by atoms with Gasteiger partial charge in [0.2, 0.25) is 0 Å². The molecule has 0 saturated heterocycles. The van der Waals surface area contributed by atoms with Crippen LogP contribution in [0.3, 0.4) is 0 Å². The summed E-state index contributed by atoms with van der Waals surface area (Å²) in [6.45, 7) is 4.36. The molecule has 0 saturated carbocycles. The van der Waals surface area contributed by atoms with Crippen LogP contribution in [0.1, 0.15) is 44.5 Å². The third kappa shape index (κ3) is 3.22. The zero-order valence-corrected chi connectivity index (χ0v) is 19.8. The van der Waals surface area contributed by atoms with E-state index in [2.05, 4.69) is 135 Å². The van der Waals surface area contributed by atoms with E-state index in [0.29, 0.717) is 0 Å². The summed E-state index contributed by atoms with van der Waals surface area (Å²) >= 11 is 0. The van der Waals surface area contributed by atoms with Crippen LogP contribution in [0.15, 0.2) is 121 Å². The van der Waals surface area contributed by atoms with E-state index in [9.17, 15) is 0 Å². The molecule has 0 amide bonds. The first-order chi connectivity index (χ1) is 16.7. The Hall–Kier alpha value is -3.90. The molecule has 0 spiro atoms. The van der Waals surface area contributed by atoms with Crippen LogP contribution in [0.4, 0.5) is 0 Å². The van der Waals surface area contributed by atoms with Crippen LogP contribution in [0.5, 0.6) is 0 Å². The van der Waals surface area contributed by atoms with Gasteiger partial charge in [0.05, 0.1) is 5.41 Å². The van der Waals surface area contributed by atoms with Crippen molar-refractivity contribution in [2.75, 3.05) is 0 Å². The molecule has 0 nitrogen and oxygen atoms in total. The van der Waals surface area contributed by atoms with Gasteiger partial charge in [-0.1, -0.05) is 132 Å². The molecule has 0 heterocycles. The highest BCUT2D eigenvalue weighted by Gasteiger charge is 2.45. The minimum absolute atomic E-state index is 0.332. The number of aryl methyl sites for hydroxylation is 2. The fraction of sp³-hybridized carbons (Fsp3) is 0.118. The van der Waals surface area contributed by atoms with Gasteiger partial charge in [0, 0.05) is 0 Å². The molecule has 0 unspecified atom stereocenters. The third-order valence-corrected chi connectivity index (χ3v) is 7.25. The predicted molar refractivity (Wildman–Crippen MR) is 142 cm³/mol. The van der Waals surface area contributed by atoms with Crippen molar-refractivity contribution in [2.45, 2.75) is 25.7 Å². The highest BCUT2D eigenvalue weighted by molar-refractivity contribution is 5.86. The first-order valence-corrected chi connectivity index (χ1v) is 12.1. The van der Waals surface area contributed by atoms with Gasteiger partial charge in [-0.25, -0.2) is 0 Å². The number of hydrogen-bond acceptors (Lipinski definition) is 0. The average Bonchev–Trinajstić information content (AvgIpc) is 3.16. The lowest BCUT2D eigenvalue weighted by atomic mass is 9.67. The maximum atomic E-state index is 2.43. The van der Waals surface area contributed by atoms with Crippen LogP contribution in [0, 0.1) is 13.8 Å². The third-order valence-electron chi connectivity index (χ3n) is 7.25. The van der Waals surface area contributed by atoms with Crippen LogP contribution in [-0.2, 0) is 11.8 Å². The summed E-state index contributed by atoms with van der Waals surface area (Å²) < 4.78 is 0. The van der Waals surface area contributed by atoms with Gasteiger partial charge in [-0.2, -0.15) is 0 Å². The molecule has 34 heavy (non-hydrogen) atoms.